The largest absolute Gasteiger partial charge is 0.493 e. The predicted octanol–water partition coefficient (Wildman–Crippen LogP) is 3.14. The van der Waals surface area contributed by atoms with Crippen LogP contribution < -0.4 is 14.8 Å². The summed E-state index contributed by atoms with van der Waals surface area (Å²) in [6.07, 6.45) is 6.95. The minimum absolute atomic E-state index is 0.0429. The Labute approximate surface area is 147 Å². The zero-order chi connectivity index (χ0) is 17.9. The highest BCUT2D eigenvalue weighted by Gasteiger charge is 2.40. The number of carbonyl (C=O) groups excluding carboxylic acids is 1. The van der Waals surface area contributed by atoms with Crippen molar-refractivity contribution in [2.24, 2.45) is 0 Å². The molecule has 2 aliphatic rings. The molecule has 2 fully saturated rings. The number of hydrogen-bond acceptors (Lipinski definition) is 4. The van der Waals surface area contributed by atoms with Crippen LogP contribution in [0.25, 0.3) is 0 Å². The number of carboxylic acid groups (broad SMARTS) is 1. The molecule has 2 aliphatic carbocycles. The van der Waals surface area contributed by atoms with Gasteiger partial charge in [0.1, 0.15) is 0 Å². The SMILES string of the molecule is COc1cc(C(=O)NC2(CC(=O)O)CCC2)ccc1OC1CCCC1. The average Bonchev–Trinajstić information content (AvgIpc) is 3.05. The molecule has 136 valence electrons. The van der Waals surface area contributed by atoms with Gasteiger partial charge in [0, 0.05) is 5.56 Å². The van der Waals surface area contributed by atoms with E-state index >= 15 is 0 Å². The maximum absolute atomic E-state index is 12.6. The van der Waals surface area contributed by atoms with Crippen molar-refractivity contribution in [2.75, 3.05) is 7.11 Å². The molecule has 0 aromatic heterocycles. The summed E-state index contributed by atoms with van der Waals surface area (Å²) in [5.41, 5.74) is -0.165. The van der Waals surface area contributed by atoms with Gasteiger partial charge in [0.25, 0.3) is 5.91 Å². The molecule has 1 aromatic carbocycles. The van der Waals surface area contributed by atoms with Crippen LogP contribution in [0.1, 0.15) is 61.7 Å². The maximum Gasteiger partial charge on any atom is 0.305 e. The molecule has 0 aliphatic heterocycles. The first kappa shape index (κ1) is 17.6. The van der Waals surface area contributed by atoms with E-state index in [-0.39, 0.29) is 18.4 Å². The van der Waals surface area contributed by atoms with Crippen molar-refractivity contribution in [3.63, 3.8) is 0 Å². The highest BCUT2D eigenvalue weighted by atomic mass is 16.5. The zero-order valence-electron chi connectivity index (χ0n) is 14.5. The number of ether oxygens (including phenoxy) is 2. The monoisotopic (exact) mass is 347 g/mol. The number of hydrogen-bond donors (Lipinski definition) is 2. The summed E-state index contributed by atoms with van der Waals surface area (Å²) >= 11 is 0. The summed E-state index contributed by atoms with van der Waals surface area (Å²) in [5, 5.41) is 12.0. The van der Waals surface area contributed by atoms with Gasteiger partial charge < -0.3 is 19.9 Å². The molecule has 0 radical (unpaired) electrons. The summed E-state index contributed by atoms with van der Waals surface area (Å²) in [6.45, 7) is 0. The molecule has 1 aromatic rings. The van der Waals surface area contributed by atoms with Crippen molar-refractivity contribution < 1.29 is 24.2 Å². The van der Waals surface area contributed by atoms with Gasteiger partial charge >= 0.3 is 5.97 Å². The minimum atomic E-state index is -0.891. The first-order valence-corrected chi connectivity index (χ1v) is 8.90. The van der Waals surface area contributed by atoms with E-state index in [1.165, 1.54) is 12.8 Å². The second-order valence-corrected chi connectivity index (χ2v) is 7.05. The van der Waals surface area contributed by atoms with Crippen LogP contribution in [0, 0.1) is 0 Å². The van der Waals surface area contributed by atoms with Crippen LogP contribution in [0.2, 0.25) is 0 Å². The Balaban J connectivity index is 1.71. The molecule has 6 heteroatoms. The smallest absolute Gasteiger partial charge is 0.305 e. The van der Waals surface area contributed by atoms with E-state index < -0.39 is 11.5 Å². The van der Waals surface area contributed by atoms with E-state index in [0.29, 0.717) is 29.9 Å². The molecule has 0 heterocycles. The number of amides is 1. The number of aliphatic carboxylic acids is 1. The third-order valence-electron chi connectivity index (χ3n) is 5.20. The van der Waals surface area contributed by atoms with Crippen LogP contribution in [0.3, 0.4) is 0 Å². The first-order valence-electron chi connectivity index (χ1n) is 8.90. The summed E-state index contributed by atoms with van der Waals surface area (Å²) < 4.78 is 11.4. The fourth-order valence-corrected chi connectivity index (χ4v) is 3.64. The Kier molecular flexibility index (Phi) is 5.16. The van der Waals surface area contributed by atoms with Crippen LogP contribution in [-0.4, -0.2) is 35.7 Å². The lowest BCUT2D eigenvalue weighted by Crippen LogP contribution is -2.54. The van der Waals surface area contributed by atoms with E-state index in [0.717, 1.165) is 19.3 Å². The second kappa shape index (κ2) is 7.33. The van der Waals surface area contributed by atoms with Crippen molar-refractivity contribution in [3.8, 4) is 11.5 Å². The molecule has 0 unspecified atom stereocenters. The molecule has 3 rings (SSSR count). The maximum atomic E-state index is 12.6. The van der Waals surface area contributed by atoms with Gasteiger partial charge in [-0.3, -0.25) is 9.59 Å². The molecule has 0 spiro atoms. The molecule has 6 nitrogen and oxygen atoms in total. The van der Waals surface area contributed by atoms with Gasteiger partial charge in [-0.1, -0.05) is 0 Å². The molecule has 2 N–H and O–H groups in total. The molecule has 1 amide bonds. The highest BCUT2D eigenvalue weighted by molar-refractivity contribution is 5.95. The Bertz CT molecular complexity index is 647. The quantitative estimate of drug-likeness (QED) is 0.791. The fourth-order valence-electron chi connectivity index (χ4n) is 3.64. The van der Waals surface area contributed by atoms with Crippen LogP contribution in [0.5, 0.6) is 11.5 Å². The predicted molar refractivity (Wildman–Crippen MR) is 92.2 cm³/mol. The molecule has 0 bridgehead atoms. The van der Waals surface area contributed by atoms with Gasteiger partial charge in [-0.25, -0.2) is 0 Å². The van der Waals surface area contributed by atoms with Crippen LogP contribution in [0.4, 0.5) is 0 Å². The number of rotatable bonds is 7. The number of methoxy groups -OCH3 is 1. The third kappa shape index (κ3) is 4.06. The van der Waals surface area contributed by atoms with E-state index in [1.807, 2.05) is 0 Å². The van der Waals surface area contributed by atoms with Crippen LogP contribution in [0.15, 0.2) is 18.2 Å². The fraction of sp³-hybridized carbons (Fsp3) is 0.579. The van der Waals surface area contributed by atoms with E-state index in [4.69, 9.17) is 14.6 Å². The van der Waals surface area contributed by atoms with E-state index in [2.05, 4.69) is 5.32 Å². The van der Waals surface area contributed by atoms with Crippen LogP contribution >= 0.6 is 0 Å². The van der Waals surface area contributed by atoms with Gasteiger partial charge in [-0.05, 0) is 63.1 Å². The van der Waals surface area contributed by atoms with Crippen molar-refractivity contribution in [1.82, 2.24) is 5.32 Å². The molecule has 0 saturated heterocycles. The van der Waals surface area contributed by atoms with Crippen molar-refractivity contribution in [1.29, 1.82) is 0 Å². The minimum Gasteiger partial charge on any atom is -0.493 e. The second-order valence-electron chi connectivity index (χ2n) is 7.05. The summed E-state index contributed by atoms with van der Waals surface area (Å²) in [4.78, 5) is 23.6. The first-order chi connectivity index (χ1) is 12.0. The Morgan fingerprint density at radius 1 is 1.20 bits per heavy atom. The Morgan fingerprint density at radius 3 is 2.48 bits per heavy atom. The molecular weight excluding hydrogens is 322 g/mol. The molecule has 25 heavy (non-hydrogen) atoms. The average molecular weight is 347 g/mol. The van der Waals surface area contributed by atoms with Crippen molar-refractivity contribution >= 4 is 11.9 Å². The van der Waals surface area contributed by atoms with Gasteiger partial charge in [-0.15, -0.1) is 0 Å². The van der Waals surface area contributed by atoms with Crippen molar-refractivity contribution in [3.05, 3.63) is 23.8 Å². The number of benzene rings is 1. The van der Waals surface area contributed by atoms with Gasteiger partial charge in [0.05, 0.1) is 25.2 Å². The topological polar surface area (TPSA) is 84.9 Å². The summed E-state index contributed by atoms with van der Waals surface area (Å²) in [6, 6.07) is 5.12. The van der Waals surface area contributed by atoms with E-state index in [1.54, 1.807) is 25.3 Å². The van der Waals surface area contributed by atoms with Crippen LogP contribution in [-0.2, 0) is 4.79 Å². The number of carboxylic acids is 1. The summed E-state index contributed by atoms with van der Waals surface area (Å²) in [7, 11) is 1.55. The van der Waals surface area contributed by atoms with Crippen molar-refractivity contribution in [2.45, 2.75) is 63.0 Å². The molecule has 2 saturated carbocycles. The molecular formula is C19H25NO5. The lowest BCUT2D eigenvalue weighted by atomic mass is 9.74. The zero-order valence-corrected chi connectivity index (χ0v) is 14.5. The van der Waals surface area contributed by atoms with Gasteiger partial charge in [-0.2, -0.15) is 0 Å². The lowest BCUT2D eigenvalue weighted by molar-refractivity contribution is -0.139. The lowest BCUT2D eigenvalue weighted by Gasteiger charge is -2.41. The van der Waals surface area contributed by atoms with E-state index in [9.17, 15) is 9.59 Å². The Morgan fingerprint density at radius 2 is 1.92 bits per heavy atom. The van der Waals surface area contributed by atoms with Gasteiger partial charge in [0.15, 0.2) is 11.5 Å². The number of carbonyl (C=O) groups is 2. The number of nitrogens with one attached hydrogen (secondary N) is 1. The Hall–Kier alpha value is -2.24. The highest BCUT2D eigenvalue weighted by Crippen LogP contribution is 2.36. The van der Waals surface area contributed by atoms with Gasteiger partial charge in [0.2, 0.25) is 0 Å². The summed E-state index contributed by atoms with van der Waals surface area (Å²) in [5.74, 6) is 0.0137. The standard InChI is InChI=1S/C19H25NO5/c1-24-16-11-13(7-8-15(16)25-14-5-2-3-6-14)18(23)20-19(9-4-10-19)12-17(21)22/h7-8,11,14H,2-6,9-10,12H2,1H3,(H,20,23)(H,21,22). The third-order valence-corrected chi connectivity index (χ3v) is 5.20. The normalized spacial score (nSPS) is 19.1. The molecule has 0 atom stereocenters.